The van der Waals surface area contributed by atoms with Gasteiger partial charge in [-0.3, -0.25) is 9.59 Å². The Balaban J connectivity index is 1.24. The molecule has 1 aliphatic carbocycles. The predicted molar refractivity (Wildman–Crippen MR) is 166 cm³/mol. The summed E-state index contributed by atoms with van der Waals surface area (Å²) >= 11 is 1.16. The van der Waals surface area contributed by atoms with Crippen LogP contribution in [0.5, 0.6) is 17.2 Å². The largest absolute Gasteiger partial charge is 0.506 e. The number of benzene rings is 2. The molecule has 8 nitrogen and oxygen atoms in total. The van der Waals surface area contributed by atoms with Gasteiger partial charge in [0.2, 0.25) is 5.91 Å². The Morgan fingerprint density at radius 2 is 1.78 bits per heavy atom. The second kappa shape index (κ2) is 15.8. The van der Waals surface area contributed by atoms with E-state index in [9.17, 15) is 14.7 Å². The number of aromatic amines is 1. The minimum absolute atomic E-state index is 0.120. The maximum atomic E-state index is 13.4. The quantitative estimate of drug-likeness (QED) is 0.154. The van der Waals surface area contributed by atoms with Gasteiger partial charge in [0.05, 0.1) is 18.9 Å². The summed E-state index contributed by atoms with van der Waals surface area (Å²) in [5.74, 6) is 1.84. The molecule has 224 valence electrons. The third kappa shape index (κ3) is 8.72. The van der Waals surface area contributed by atoms with Gasteiger partial charge in [-0.25, -0.2) is 0 Å². The van der Waals surface area contributed by atoms with E-state index in [0.29, 0.717) is 24.5 Å². The normalized spacial score (nSPS) is 14.2. The van der Waals surface area contributed by atoms with Crippen LogP contribution in [-0.4, -0.2) is 60.8 Å². The number of nitrogens with one attached hydrogen (secondary N) is 2. The number of carbonyl (C=O) groups excluding carboxylic acids is 1. The Labute approximate surface area is 247 Å². The van der Waals surface area contributed by atoms with Crippen LogP contribution in [0.1, 0.15) is 75.3 Å². The lowest BCUT2D eigenvalue weighted by atomic mass is 10.0. The molecule has 3 N–H and O–H groups in total. The van der Waals surface area contributed by atoms with E-state index in [1.807, 2.05) is 24.3 Å². The van der Waals surface area contributed by atoms with Gasteiger partial charge in [0, 0.05) is 25.6 Å². The second-order valence-corrected chi connectivity index (χ2v) is 11.9. The summed E-state index contributed by atoms with van der Waals surface area (Å²) in [4.78, 5) is 30.0. The standard InChI is InChI=1S/C32H45N3O5S/c1-39-27-16-13-23(22-28(27)40-2)17-19-33-20-18-29(37)35(25-11-7-3-4-8-12-25)21-9-5-6-10-24-14-15-26(36)30-31(24)41-32(38)34-30/h13-16,22,25,33,36H,3-12,17-21H2,1-2H3,(H,34,38). The first-order valence-electron chi connectivity index (χ1n) is 15.0. The van der Waals surface area contributed by atoms with Gasteiger partial charge in [-0.15, -0.1) is 0 Å². The number of thiazole rings is 1. The number of aromatic nitrogens is 1. The number of ether oxygens (including phenoxy) is 2. The molecule has 2 aromatic carbocycles. The Morgan fingerprint density at radius 1 is 1.00 bits per heavy atom. The highest BCUT2D eigenvalue weighted by atomic mass is 32.1. The highest BCUT2D eigenvalue weighted by Crippen LogP contribution is 2.29. The van der Waals surface area contributed by atoms with Gasteiger partial charge < -0.3 is 29.8 Å². The zero-order valence-corrected chi connectivity index (χ0v) is 25.3. The van der Waals surface area contributed by atoms with Crippen molar-refractivity contribution in [3.05, 3.63) is 51.1 Å². The van der Waals surface area contributed by atoms with Crippen LogP contribution in [0.15, 0.2) is 35.1 Å². The molecule has 0 spiro atoms. The maximum absolute atomic E-state index is 13.4. The van der Waals surface area contributed by atoms with Gasteiger partial charge in [0.15, 0.2) is 11.5 Å². The summed E-state index contributed by atoms with van der Waals surface area (Å²) in [5, 5.41) is 13.5. The Hall–Kier alpha value is -3.04. The zero-order chi connectivity index (χ0) is 29.0. The molecular formula is C32H45N3O5S. The molecule has 0 unspecified atom stereocenters. The molecule has 41 heavy (non-hydrogen) atoms. The first-order valence-corrected chi connectivity index (χ1v) is 15.9. The molecule has 9 heteroatoms. The van der Waals surface area contributed by atoms with E-state index in [1.165, 1.54) is 31.2 Å². The van der Waals surface area contributed by atoms with E-state index in [1.54, 1.807) is 20.3 Å². The number of aromatic hydroxyl groups is 1. The first-order chi connectivity index (χ1) is 20.0. The maximum Gasteiger partial charge on any atom is 0.305 e. The number of fused-ring (bicyclic) bond motifs is 1. The van der Waals surface area contributed by atoms with Crippen molar-refractivity contribution < 1.29 is 19.4 Å². The number of unbranched alkanes of at least 4 members (excludes halogenated alkanes) is 2. The van der Waals surface area contributed by atoms with Crippen molar-refractivity contribution in [1.82, 2.24) is 15.2 Å². The monoisotopic (exact) mass is 583 g/mol. The van der Waals surface area contributed by atoms with Crippen LogP contribution in [0.4, 0.5) is 0 Å². The molecular weight excluding hydrogens is 538 g/mol. The highest BCUT2D eigenvalue weighted by Gasteiger charge is 2.24. The molecule has 4 rings (SSSR count). The lowest BCUT2D eigenvalue weighted by molar-refractivity contribution is -0.133. The summed E-state index contributed by atoms with van der Waals surface area (Å²) in [7, 11) is 3.28. The highest BCUT2D eigenvalue weighted by molar-refractivity contribution is 7.16. The number of hydrogen-bond acceptors (Lipinski definition) is 7. The fraction of sp³-hybridized carbons (Fsp3) is 0.562. The summed E-state index contributed by atoms with van der Waals surface area (Å²) in [6.07, 6.45) is 12.3. The van der Waals surface area contributed by atoms with Crippen LogP contribution in [-0.2, 0) is 17.6 Å². The molecule has 1 aliphatic rings. The number of carbonyl (C=O) groups is 1. The number of nitrogens with zero attached hydrogens (tertiary/aromatic N) is 1. The van der Waals surface area contributed by atoms with E-state index < -0.39 is 0 Å². The summed E-state index contributed by atoms with van der Waals surface area (Å²) in [5.41, 5.74) is 2.80. The van der Waals surface area contributed by atoms with E-state index in [4.69, 9.17) is 9.47 Å². The number of aryl methyl sites for hydroxylation is 1. The van der Waals surface area contributed by atoms with Crippen LogP contribution >= 0.6 is 11.3 Å². The van der Waals surface area contributed by atoms with Crippen LogP contribution in [0.2, 0.25) is 0 Å². The topological polar surface area (TPSA) is 104 Å². The van der Waals surface area contributed by atoms with Crippen molar-refractivity contribution in [2.45, 2.75) is 83.1 Å². The van der Waals surface area contributed by atoms with Crippen LogP contribution in [0.25, 0.3) is 10.2 Å². The lowest BCUT2D eigenvalue weighted by Gasteiger charge is -2.31. The summed E-state index contributed by atoms with van der Waals surface area (Å²) < 4.78 is 11.6. The number of phenolic OH excluding ortho intramolecular Hbond substituents is 1. The van der Waals surface area contributed by atoms with Gasteiger partial charge in [0.25, 0.3) is 0 Å². The second-order valence-electron chi connectivity index (χ2n) is 10.9. The van der Waals surface area contributed by atoms with Gasteiger partial charge in [0.1, 0.15) is 11.3 Å². The molecule has 0 radical (unpaired) electrons. The van der Waals surface area contributed by atoms with Gasteiger partial charge in [-0.05, 0) is 74.4 Å². The van der Waals surface area contributed by atoms with Crippen molar-refractivity contribution in [2.24, 2.45) is 0 Å². The van der Waals surface area contributed by atoms with Gasteiger partial charge in [-0.1, -0.05) is 55.6 Å². The average Bonchev–Trinajstić information content (AvgIpc) is 3.19. The Kier molecular flexibility index (Phi) is 11.9. The zero-order valence-electron chi connectivity index (χ0n) is 24.5. The minimum Gasteiger partial charge on any atom is -0.506 e. The SMILES string of the molecule is COc1ccc(CCNCCC(=O)N(CCCCCc2ccc(O)c3[nH]c(=O)sc23)C2CCCCCC2)cc1OC. The number of phenols is 1. The van der Waals surface area contributed by atoms with Crippen molar-refractivity contribution in [3.8, 4) is 17.2 Å². The fourth-order valence-electron chi connectivity index (χ4n) is 5.86. The molecule has 1 fully saturated rings. The number of methoxy groups -OCH3 is 2. The molecule has 0 atom stereocenters. The number of rotatable bonds is 15. The summed E-state index contributed by atoms with van der Waals surface area (Å²) in [6.45, 7) is 2.27. The van der Waals surface area contributed by atoms with Gasteiger partial charge in [-0.2, -0.15) is 0 Å². The molecule has 1 saturated carbocycles. The lowest BCUT2D eigenvalue weighted by Crippen LogP contribution is -2.42. The third-order valence-electron chi connectivity index (χ3n) is 8.12. The van der Waals surface area contributed by atoms with Crippen LogP contribution < -0.4 is 19.7 Å². The molecule has 0 bridgehead atoms. The van der Waals surface area contributed by atoms with E-state index in [0.717, 1.165) is 91.1 Å². The Morgan fingerprint density at radius 3 is 2.54 bits per heavy atom. The van der Waals surface area contributed by atoms with E-state index in [-0.39, 0.29) is 16.5 Å². The van der Waals surface area contributed by atoms with Gasteiger partial charge >= 0.3 is 4.87 Å². The summed E-state index contributed by atoms with van der Waals surface area (Å²) in [6, 6.07) is 9.91. The molecule has 1 amide bonds. The number of H-pyrrole nitrogens is 1. The van der Waals surface area contributed by atoms with Crippen LogP contribution in [0.3, 0.4) is 0 Å². The van der Waals surface area contributed by atoms with Crippen molar-refractivity contribution >= 4 is 27.5 Å². The fourth-order valence-corrected chi connectivity index (χ4v) is 6.75. The average molecular weight is 584 g/mol. The van der Waals surface area contributed by atoms with Crippen LogP contribution in [0, 0.1) is 0 Å². The number of hydrogen-bond donors (Lipinski definition) is 3. The molecule has 0 saturated heterocycles. The molecule has 3 aromatic rings. The molecule has 1 heterocycles. The molecule has 0 aliphatic heterocycles. The number of amides is 1. The predicted octanol–water partition coefficient (Wildman–Crippen LogP) is 5.80. The minimum atomic E-state index is -0.143. The smallest absolute Gasteiger partial charge is 0.305 e. The van der Waals surface area contributed by atoms with E-state index >= 15 is 0 Å². The molecule has 1 aromatic heterocycles. The Bertz CT molecular complexity index is 1310. The van der Waals surface area contributed by atoms with Crippen molar-refractivity contribution in [2.75, 3.05) is 33.9 Å². The third-order valence-corrected chi connectivity index (χ3v) is 9.08. The van der Waals surface area contributed by atoms with Crippen molar-refractivity contribution in [3.63, 3.8) is 0 Å². The first kappa shape index (κ1) is 30.9. The van der Waals surface area contributed by atoms with Crippen molar-refractivity contribution in [1.29, 1.82) is 0 Å². The van der Waals surface area contributed by atoms with E-state index in [2.05, 4.69) is 15.2 Å².